The second-order valence-electron chi connectivity index (χ2n) is 5.83. The van der Waals surface area contributed by atoms with E-state index >= 15 is 0 Å². The highest BCUT2D eigenvalue weighted by Crippen LogP contribution is 2.50. The van der Waals surface area contributed by atoms with Gasteiger partial charge in [-0.1, -0.05) is 0 Å². The minimum absolute atomic E-state index is 0.119. The van der Waals surface area contributed by atoms with Gasteiger partial charge in [0.2, 0.25) is 5.82 Å². The van der Waals surface area contributed by atoms with E-state index < -0.39 is 29.1 Å². The average Bonchev–Trinajstić information content (AvgIpc) is 2.90. The first kappa shape index (κ1) is 14.2. The lowest BCUT2D eigenvalue weighted by Gasteiger charge is -2.40. The van der Waals surface area contributed by atoms with Gasteiger partial charge in [-0.3, -0.25) is 4.79 Å². The number of halogens is 3. The molecule has 1 aromatic rings. The zero-order chi connectivity index (χ0) is 15.4. The molecular formula is C13H15F3N4O. The Labute approximate surface area is 119 Å². The lowest BCUT2D eigenvalue weighted by molar-refractivity contribution is -0.141. The number of aryl methyl sites for hydroxylation is 1. The quantitative estimate of drug-likeness (QED) is 0.895. The molecule has 4 rings (SSSR count). The van der Waals surface area contributed by atoms with Crippen LogP contribution in [-0.2, 0) is 6.18 Å². The van der Waals surface area contributed by atoms with Crippen LogP contribution in [0.1, 0.15) is 34.8 Å². The number of amides is 1. The summed E-state index contributed by atoms with van der Waals surface area (Å²) in [5.41, 5.74) is 4.35. The number of carbonyl (C=O) groups is 1. The van der Waals surface area contributed by atoms with Crippen molar-refractivity contribution < 1.29 is 18.0 Å². The van der Waals surface area contributed by atoms with E-state index in [1.54, 1.807) is 4.90 Å². The molecule has 0 unspecified atom stereocenters. The first-order chi connectivity index (χ1) is 9.75. The van der Waals surface area contributed by atoms with E-state index in [2.05, 4.69) is 9.97 Å². The van der Waals surface area contributed by atoms with Crippen LogP contribution in [0.2, 0.25) is 0 Å². The number of hydrogen-bond acceptors (Lipinski definition) is 4. The normalized spacial score (nSPS) is 27.7. The summed E-state index contributed by atoms with van der Waals surface area (Å²) in [6.07, 6.45) is -2.97. The predicted molar refractivity (Wildman–Crippen MR) is 67.3 cm³/mol. The van der Waals surface area contributed by atoms with Gasteiger partial charge in [0.1, 0.15) is 5.69 Å². The molecule has 1 amide bonds. The zero-order valence-corrected chi connectivity index (χ0v) is 11.4. The molecule has 2 N–H and O–H groups in total. The number of fused-ring (bicyclic) bond motifs is 1. The lowest BCUT2D eigenvalue weighted by Crippen LogP contribution is -2.54. The molecule has 0 radical (unpaired) electrons. The molecule has 114 valence electrons. The number of alkyl halides is 3. The maximum atomic E-state index is 12.8. The van der Waals surface area contributed by atoms with Gasteiger partial charge < -0.3 is 10.6 Å². The third-order valence-electron chi connectivity index (χ3n) is 4.31. The molecule has 3 aliphatic rings. The standard InChI is InChI=1S/C13H15F3N4O/c1-7-2-9(13(14,15)16)19-10(18-7)11(21)20-5-8-3-12(20,4-8)6-17/h2,8H,3-6,17H2,1H3. The van der Waals surface area contributed by atoms with Gasteiger partial charge in [0.05, 0.1) is 5.54 Å². The fourth-order valence-corrected chi connectivity index (χ4v) is 3.32. The highest BCUT2D eigenvalue weighted by molar-refractivity contribution is 5.91. The third kappa shape index (κ3) is 2.17. The van der Waals surface area contributed by atoms with Crippen LogP contribution in [0.15, 0.2) is 6.07 Å². The molecule has 0 atom stereocenters. The Bertz CT molecular complexity index is 596. The Morgan fingerprint density at radius 1 is 1.48 bits per heavy atom. The van der Waals surface area contributed by atoms with Crippen molar-refractivity contribution in [2.24, 2.45) is 11.7 Å². The summed E-state index contributed by atoms with van der Waals surface area (Å²) in [5, 5.41) is 0. The smallest absolute Gasteiger partial charge is 0.329 e. The van der Waals surface area contributed by atoms with Gasteiger partial charge in [0.15, 0.2) is 0 Å². The summed E-state index contributed by atoms with van der Waals surface area (Å²) in [4.78, 5) is 21.3. The number of carbonyl (C=O) groups excluding carboxylic acids is 1. The van der Waals surface area contributed by atoms with E-state index in [0.29, 0.717) is 19.0 Å². The van der Waals surface area contributed by atoms with Crippen LogP contribution in [0.4, 0.5) is 13.2 Å². The summed E-state index contributed by atoms with van der Waals surface area (Å²) in [7, 11) is 0. The molecule has 21 heavy (non-hydrogen) atoms. The van der Waals surface area contributed by atoms with Crippen molar-refractivity contribution in [2.75, 3.05) is 13.1 Å². The Kier molecular flexibility index (Phi) is 2.98. The number of hydrogen-bond donors (Lipinski definition) is 1. The molecule has 8 heteroatoms. The molecule has 0 aromatic carbocycles. The summed E-state index contributed by atoms with van der Waals surface area (Å²) in [6.45, 7) is 2.25. The summed E-state index contributed by atoms with van der Waals surface area (Å²) in [6, 6.07) is 0.833. The van der Waals surface area contributed by atoms with E-state index in [4.69, 9.17) is 5.73 Å². The van der Waals surface area contributed by atoms with Crippen LogP contribution in [0.25, 0.3) is 0 Å². The zero-order valence-electron chi connectivity index (χ0n) is 11.4. The molecular weight excluding hydrogens is 285 g/mol. The minimum atomic E-state index is -4.60. The van der Waals surface area contributed by atoms with Crippen molar-refractivity contribution in [2.45, 2.75) is 31.5 Å². The second-order valence-corrected chi connectivity index (χ2v) is 5.83. The van der Waals surface area contributed by atoms with Crippen molar-refractivity contribution in [3.63, 3.8) is 0 Å². The van der Waals surface area contributed by atoms with Crippen LogP contribution in [0, 0.1) is 12.8 Å². The van der Waals surface area contributed by atoms with Crippen LogP contribution in [0.3, 0.4) is 0 Å². The van der Waals surface area contributed by atoms with Gasteiger partial charge >= 0.3 is 6.18 Å². The second kappa shape index (κ2) is 4.40. The number of nitrogens with zero attached hydrogens (tertiary/aromatic N) is 3. The first-order valence-corrected chi connectivity index (χ1v) is 6.70. The molecule has 2 bridgehead atoms. The molecule has 3 fully saturated rings. The summed E-state index contributed by atoms with van der Waals surface area (Å²) < 4.78 is 38.3. The van der Waals surface area contributed by atoms with Crippen molar-refractivity contribution >= 4 is 5.91 Å². The Hall–Kier alpha value is -1.70. The molecule has 0 spiro atoms. The van der Waals surface area contributed by atoms with Crippen LogP contribution < -0.4 is 5.73 Å². The van der Waals surface area contributed by atoms with E-state index in [0.717, 1.165) is 18.9 Å². The Morgan fingerprint density at radius 3 is 2.71 bits per heavy atom. The van der Waals surface area contributed by atoms with Crippen LogP contribution in [0.5, 0.6) is 0 Å². The van der Waals surface area contributed by atoms with Gasteiger partial charge in [-0.2, -0.15) is 13.2 Å². The fraction of sp³-hybridized carbons (Fsp3) is 0.615. The van der Waals surface area contributed by atoms with Gasteiger partial charge in [-0.15, -0.1) is 0 Å². The monoisotopic (exact) mass is 300 g/mol. The van der Waals surface area contributed by atoms with Crippen molar-refractivity contribution in [1.82, 2.24) is 14.9 Å². The number of aromatic nitrogens is 2. The third-order valence-corrected chi connectivity index (χ3v) is 4.31. The molecule has 5 nitrogen and oxygen atoms in total. The Morgan fingerprint density at radius 2 is 2.14 bits per heavy atom. The van der Waals surface area contributed by atoms with Crippen molar-refractivity contribution in [3.05, 3.63) is 23.3 Å². The SMILES string of the molecule is Cc1cc(C(F)(F)F)nc(C(=O)N2CC3CC2(CN)C3)n1. The predicted octanol–water partition coefficient (Wildman–Crippen LogP) is 1.37. The van der Waals surface area contributed by atoms with Gasteiger partial charge in [0, 0.05) is 18.8 Å². The molecule has 2 aliphatic heterocycles. The van der Waals surface area contributed by atoms with E-state index in [1.165, 1.54) is 6.92 Å². The minimum Gasteiger partial charge on any atom is -0.329 e. The lowest BCUT2D eigenvalue weighted by atomic mass is 9.73. The maximum absolute atomic E-state index is 12.8. The van der Waals surface area contributed by atoms with Gasteiger partial charge in [0.25, 0.3) is 5.91 Å². The van der Waals surface area contributed by atoms with Gasteiger partial charge in [-0.25, -0.2) is 9.97 Å². The van der Waals surface area contributed by atoms with Crippen molar-refractivity contribution in [3.8, 4) is 0 Å². The fourth-order valence-electron chi connectivity index (χ4n) is 3.32. The number of nitrogens with two attached hydrogens (primary N) is 1. The maximum Gasteiger partial charge on any atom is 0.433 e. The van der Waals surface area contributed by atoms with E-state index in [-0.39, 0.29) is 5.69 Å². The molecule has 2 saturated heterocycles. The van der Waals surface area contributed by atoms with E-state index in [9.17, 15) is 18.0 Å². The van der Waals surface area contributed by atoms with E-state index in [1.807, 2.05) is 0 Å². The molecule has 1 aliphatic carbocycles. The highest BCUT2D eigenvalue weighted by atomic mass is 19.4. The van der Waals surface area contributed by atoms with Crippen LogP contribution in [-0.4, -0.2) is 39.4 Å². The Balaban J connectivity index is 1.94. The summed E-state index contributed by atoms with van der Waals surface area (Å²) in [5.74, 6) is -0.568. The highest BCUT2D eigenvalue weighted by Gasteiger charge is 2.57. The summed E-state index contributed by atoms with van der Waals surface area (Å²) >= 11 is 0. The average molecular weight is 300 g/mol. The largest absolute Gasteiger partial charge is 0.433 e. The molecule has 3 heterocycles. The first-order valence-electron chi connectivity index (χ1n) is 6.70. The molecule has 1 saturated carbocycles. The van der Waals surface area contributed by atoms with Gasteiger partial charge in [-0.05, 0) is 31.7 Å². The topological polar surface area (TPSA) is 72.1 Å². The van der Waals surface area contributed by atoms with Crippen molar-refractivity contribution in [1.29, 1.82) is 0 Å². The molecule has 1 aromatic heterocycles. The van der Waals surface area contributed by atoms with Crippen LogP contribution >= 0.6 is 0 Å². The number of rotatable bonds is 2.